The molecule has 0 spiro atoms. The predicted octanol–water partition coefficient (Wildman–Crippen LogP) is 14.6. The van der Waals surface area contributed by atoms with Crippen molar-refractivity contribution < 1.29 is 33.2 Å². The highest BCUT2D eigenvalue weighted by Gasteiger charge is 2.15. The van der Waals surface area contributed by atoms with Crippen LogP contribution in [0.4, 0.5) is 0 Å². The van der Waals surface area contributed by atoms with Gasteiger partial charge in [0.25, 0.3) is 0 Å². The van der Waals surface area contributed by atoms with Gasteiger partial charge in [-0.1, -0.05) is 165 Å². The maximum absolute atomic E-state index is 6.53. The van der Waals surface area contributed by atoms with E-state index >= 15 is 0 Å². The number of ether oxygens (including phenoxy) is 7. The van der Waals surface area contributed by atoms with Gasteiger partial charge in [0.15, 0.2) is 25.2 Å². The van der Waals surface area contributed by atoms with Gasteiger partial charge in [-0.05, 0) is 100 Å². The lowest BCUT2D eigenvalue weighted by atomic mass is 10.1. The standard InChI is InChI=1S/C52H86O7/c1-5-41-53-49(54-42-6-2)37-29-19-15-11-9-13-17-21-31-39-51(57-45-47-33-25-23-26-34-47)59-52(58-46-48-35-27-24-28-36-48)40-32-22-18-14-10-12-16-20-30-38-50(55-43-7-3)56-44-8-4/h23-28,31-36,39-40,49-52H,5-22,29-30,37-38,41-46H2,1-4H3. The number of benzene rings is 2. The van der Waals surface area contributed by atoms with E-state index in [2.05, 4.69) is 76.3 Å². The van der Waals surface area contributed by atoms with Gasteiger partial charge in [-0.2, -0.15) is 0 Å². The van der Waals surface area contributed by atoms with Crippen LogP contribution in [0.3, 0.4) is 0 Å². The highest BCUT2D eigenvalue weighted by molar-refractivity contribution is 5.14. The van der Waals surface area contributed by atoms with Crippen molar-refractivity contribution in [3.63, 3.8) is 0 Å². The van der Waals surface area contributed by atoms with E-state index in [1.807, 2.05) is 36.4 Å². The molecule has 0 aliphatic heterocycles. The summed E-state index contributed by atoms with van der Waals surface area (Å²) in [4.78, 5) is 0. The lowest BCUT2D eigenvalue weighted by molar-refractivity contribution is -0.215. The highest BCUT2D eigenvalue weighted by Crippen LogP contribution is 2.17. The maximum atomic E-state index is 6.53. The van der Waals surface area contributed by atoms with E-state index in [4.69, 9.17) is 33.2 Å². The number of allylic oxidation sites excluding steroid dienone is 2. The SMILES string of the molecule is CCCOC(CCCCCCCCCC=CC(OCc1ccccc1)OC(C=CCCCCCCCCCC(OCCC)OCCC)OCc1ccccc1)OCCC. The second-order valence-electron chi connectivity index (χ2n) is 15.8. The molecule has 59 heavy (non-hydrogen) atoms. The molecule has 2 aromatic rings. The van der Waals surface area contributed by atoms with Crippen molar-refractivity contribution in [3.05, 3.63) is 96.1 Å². The molecule has 2 aromatic carbocycles. The van der Waals surface area contributed by atoms with Crippen molar-refractivity contribution in [2.45, 2.75) is 207 Å². The Kier molecular flexibility index (Phi) is 35.6. The van der Waals surface area contributed by atoms with E-state index in [-0.39, 0.29) is 12.6 Å². The summed E-state index contributed by atoms with van der Waals surface area (Å²) < 4.78 is 42.7. The lowest BCUT2D eigenvalue weighted by Gasteiger charge is -2.22. The summed E-state index contributed by atoms with van der Waals surface area (Å²) in [5.74, 6) is 0. The maximum Gasteiger partial charge on any atom is 0.180 e. The van der Waals surface area contributed by atoms with E-state index in [0.29, 0.717) is 13.2 Å². The summed E-state index contributed by atoms with van der Waals surface area (Å²) in [5.41, 5.74) is 2.24. The first-order valence-electron chi connectivity index (χ1n) is 23.9. The van der Waals surface area contributed by atoms with E-state index in [9.17, 15) is 0 Å². The van der Waals surface area contributed by atoms with Crippen LogP contribution in [0.25, 0.3) is 0 Å². The minimum absolute atomic E-state index is 0.0321. The number of unbranched alkanes of at least 4 members (excludes halogenated alkanes) is 14. The fourth-order valence-electron chi connectivity index (χ4n) is 6.67. The van der Waals surface area contributed by atoms with E-state index < -0.39 is 12.6 Å². The Bertz CT molecular complexity index is 1100. The first kappa shape index (κ1) is 52.8. The van der Waals surface area contributed by atoms with Gasteiger partial charge in [-0.3, -0.25) is 0 Å². The molecular formula is C52H86O7. The van der Waals surface area contributed by atoms with Gasteiger partial charge >= 0.3 is 0 Å². The van der Waals surface area contributed by atoms with Crippen molar-refractivity contribution in [2.75, 3.05) is 26.4 Å². The van der Waals surface area contributed by atoms with Gasteiger partial charge in [-0.25, -0.2) is 0 Å². The first-order valence-corrected chi connectivity index (χ1v) is 23.9. The zero-order valence-corrected chi connectivity index (χ0v) is 38.0. The minimum Gasteiger partial charge on any atom is -0.353 e. The third-order valence-electron chi connectivity index (χ3n) is 10.0. The Balaban J connectivity index is 1.79. The third-order valence-corrected chi connectivity index (χ3v) is 10.0. The third kappa shape index (κ3) is 31.2. The highest BCUT2D eigenvalue weighted by atomic mass is 16.8. The molecule has 0 bridgehead atoms. The fraction of sp³-hybridized carbons (Fsp3) is 0.692. The molecule has 0 N–H and O–H groups in total. The zero-order chi connectivity index (χ0) is 42.1. The summed E-state index contributed by atoms with van der Waals surface area (Å²) in [6.45, 7) is 12.7. The lowest BCUT2D eigenvalue weighted by Crippen LogP contribution is -2.24. The van der Waals surface area contributed by atoms with Crippen LogP contribution in [-0.2, 0) is 46.4 Å². The van der Waals surface area contributed by atoms with Crippen molar-refractivity contribution in [3.8, 4) is 0 Å². The first-order chi connectivity index (χ1) is 29.2. The summed E-state index contributed by atoms with van der Waals surface area (Å²) in [6, 6.07) is 20.6. The van der Waals surface area contributed by atoms with Crippen molar-refractivity contribution in [1.82, 2.24) is 0 Å². The Hall–Kier alpha value is -2.36. The average Bonchev–Trinajstić information content (AvgIpc) is 3.27. The molecule has 2 atom stereocenters. The van der Waals surface area contributed by atoms with Gasteiger partial charge in [-0.15, -0.1) is 0 Å². The van der Waals surface area contributed by atoms with Crippen LogP contribution in [0.15, 0.2) is 85.0 Å². The van der Waals surface area contributed by atoms with Crippen molar-refractivity contribution in [1.29, 1.82) is 0 Å². The molecule has 0 heterocycles. The van der Waals surface area contributed by atoms with E-state index in [1.165, 1.54) is 77.0 Å². The smallest absolute Gasteiger partial charge is 0.180 e. The molecule has 2 unspecified atom stereocenters. The monoisotopic (exact) mass is 823 g/mol. The molecule has 0 aliphatic carbocycles. The Morgan fingerprint density at radius 1 is 0.390 bits per heavy atom. The zero-order valence-electron chi connectivity index (χ0n) is 38.0. The van der Waals surface area contributed by atoms with Crippen molar-refractivity contribution >= 4 is 0 Å². The average molecular weight is 823 g/mol. The van der Waals surface area contributed by atoms with Gasteiger partial charge in [0.1, 0.15) is 0 Å². The molecule has 7 nitrogen and oxygen atoms in total. The van der Waals surface area contributed by atoms with Crippen LogP contribution in [0, 0.1) is 0 Å². The van der Waals surface area contributed by atoms with E-state index in [1.54, 1.807) is 0 Å². The number of rotatable bonds is 42. The Labute approximate surface area is 362 Å². The van der Waals surface area contributed by atoms with Crippen LogP contribution in [0.1, 0.15) is 180 Å². The van der Waals surface area contributed by atoms with Crippen LogP contribution < -0.4 is 0 Å². The molecule has 0 saturated carbocycles. The second-order valence-corrected chi connectivity index (χ2v) is 15.8. The summed E-state index contributed by atoms with van der Waals surface area (Å²) in [7, 11) is 0. The molecule has 7 heteroatoms. The quantitative estimate of drug-likeness (QED) is 0.0375. The molecule has 0 fully saturated rings. The summed E-state index contributed by atoms with van der Waals surface area (Å²) in [6.07, 6.45) is 32.9. The molecule has 0 saturated heterocycles. The normalized spacial score (nSPS) is 13.1. The molecular weight excluding hydrogens is 737 g/mol. The van der Waals surface area contributed by atoms with Crippen LogP contribution >= 0.6 is 0 Å². The van der Waals surface area contributed by atoms with Crippen LogP contribution in [-0.4, -0.2) is 51.6 Å². The largest absolute Gasteiger partial charge is 0.353 e. The molecule has 0 radical (unpaired) electrons. The van der Waals surface area contributed by atoms with Crippen LogP contribution in [0.5, 0.6) is 0 Å². The summed E-state index contributed by atoms with van der Waals surface area (Å²) in [5, 5.41) is 0. The van der Waals surface area contributed by atoms with Gasteiger partial charge in [0.05, 0.1) is 13.2 Å². The summed E-state index contributed by atoms with van der Waals surface area (Å²) >= 11 is 0. The fourth-order valence-corrected chi connectivity index (χ4v) is 6.67. The minimum atomic E-state index is -0.515. The van der Waals surface area contributed by atoms with Crippen LogP contribution in [0.2, 0.25) is 0 Å². The molecule has 336 valence electrons. The molecule has 0 aromatic heterocycles. The van der Waals surface area contributed by atoms with Gasteiger partial charge in [0.2, 0.25) is 0 Å². The molecule has 2 rings (SSSR count). The molecule has 0 amide bonds. The van der Waals surface area contributed by atoms with Crippen molar-refractivity contribution in [2.24, 2.45) is 0 Å². The Morgan fingerprint density at radius 2 is 0.712 bits per heavy atom. The van der Waals surface area contributed by atoms with E-state index in [0.717, 1.165) is 102 Å². The van der Waals surface area contributed by atoms with Gasteiger partial charge < -0.3 is 33.2 Å². The second kappa shape index (κ2) is 39.8. The topological polar surface area (TPSA) is 64.6 Å². The number of hydrogen-bond donors (Lipinski definition) is 0. The predicted molar refractivity (Wildman–Crippen MR) is 245 cm³/mol. The molecule has 0 aliphatic rings. The number of hydrogen-bond acceptors (Lipinski definition) is 7. The Morgan fingerprint density at radius 3 is 1.05 bits per heavy atom. The van der Waals surface area contributed by atoms with Gasteiger partial charge in [0, 0.05) is 26.4 Å².